The molecule has 8 heteroatoms. The molecule has 0 spiro atoms. The second-order valence-electron chi connectivity index (χ2n) is 4.55. The number of aliphatic carboxylic acids is 1. The zero-order valence-electron chi connectivity index (χ0n) is 11.5. The molecule has 0 fully saturated rings. The van der Waals surface area contributed by atoms with Crippen LogP contribution in [0.3, 0.4) is 0 Å². The van der Waals surface area contributed by atoms with E-state index in [-0.39, 0.29) is 12.2 Å². The average Bonchev–Trinajstić information content (AvgIpc) is 2.45. The molecule has 1 aromatic rings. The van der Waals surface area contributed by atoms with Crippen LogP contribution in [0.25, 0.3) is 0 Å². The molecule has 0 saturated heterocycles. The molecule has 8 nitrogen and oxygen atoms in total. The van der Waals surface area contributed by atoms with E-state index in [2.05, 4.69) is 10.6 Å². The molecule has 114 valence electrons. The van der Waals surface area contributed by atoms with Gasteiger partial charge in [0.05, 0.1) is 10.8 Å². The number of nitrogens with zero attached hydrogens (tertiary/aromatic N) is 1. The second kappa shape index (κ2) is 7.83. The van der Waals surface area contributed by atoms with E-state index < -0.39 is 22.8 Å². The van der Waals surface area contributed by atoms with Gasteiger partial charge in [0.25, 0.3) is 5.69 Å². The molecular formula is C13H17N3O5. The molecule has 0 saturated carbocycles. The average molecular weight is 295 g/mol. The van der Waals surface area contributed by atoms with Gasteiger partial charge in [-0.3, -0.25) is 14.9 Å². The fourth-order valence-corrected chi connectivity index (χ4v) is 1.50. The van der Waals surface area contributed by atoms with Gasteiger partial charge < -0.3 is 15.7 Å². The summed E-state index contributed by atoms with van der Waals surface area (Å²) >= 11 is 0. The van der Waals surface area contributed by atoms with Crippen LogP contribution >= 0.6 is 0 Å². The fourth-order valence-electron chi connectivity index (χ4n) is 1.50. The summed E-state index contributed by atoms with van der Waals surface area (Å²) in [7, 11) is 0. The highest BCUT2D eigenvalue weighted by Crippen LogP contribution is 2.11. The Morgan fingerprint density at radius 1 is 1.29 bits per heavy atom. The standard InChI is InChI=1S/C13H17N3O5/c1-9(12(17)18)8-15-13(19)14-7-6-10-2-4-11(5-3-10)16(20)21/h2-5,9H,6-8H2,1H3,(H,17,18)(H2,14,15,19). The highest BCUT2D eigenvalue weighted by atomic mass is 16.6. The van der Waals surface area contributed by atoms with Crippen molar-refractivity contribution in [1.82, 2.24) is 10.6 Å². The summed E-state index contributed by atoms with van der Waals surface area (Å²) in [4.78, 5) is 32.0. The van der Waals surface area contributed by atoms with Gasteiger partial charge in [0.15, 0.2) is 0 Å². The number of carboxylic acids is 1. The Morgan fingerprint density at radius 3 is 2.43 bits per heavy atom. The highest BCUT2D eigenvalue weighted by Gasteiger charge is 2.11. The van der Waals surface area contributed by atoms with Gasteiger partial charge in [-0.1, -0.05) is 19.1 Å². The lowest BCUT2D eigenvalue weighted by Crippen LogP contribution is -2.39. The molecule has 0 radical (unpaired) electrons. The number of hydrogen-bond acceptors (Lipinski definition) is 4. The minimum absolute atomic E-state index is 0.0205. The molecule has 2 amide bonds. The summed E-state index contributed by atoms with van der Waals surface area (Å²) in [5, 5.41) is 24.2. The van der Waals surface area contributed by atoms with Gasteiger partial charge >= 0.3 is 12.0 Å². The Labute approximate surface area is 121 Å². The van der Waals surface area contributed by atoms with Crippen LogP contribution in [-0.2, 0) is 11.2 Å². The molecule has 1 atom stereocenters. The first-order valence-corrected chi connectivity index (χ1v) is 6.38. The van der Waals surface area contributed by atoms with E-state index in [1.54, 1.807) is 12.1 Å². The lowest BCUT2D eigenvalue weighted by atomic mass is 10.1. The highest BCUT2D eigenvalue weighted by molar-refractivity contribution is 5.75. The zero-order chi connectivity index (χ0) is 15.8. The van der Waals surface area contributed by atoms with Crippen LogP contribution < -0.4 is 10.6 Å². The maximum absolute atomic E-state index is 11.4. The third kappa shape index (κ3) is 5.89. The maximum Gasteiger partial charge on any atom is 0.314 e. The van der Waals surface area contributed by atoms with Gasteiger partial charge in [-0.25, -0.2) is 4.79 Å². The van der Waals surface area contributed by atoms with Crippen molar-refractivity contribution >= 4 is 17.7 Å². The molecule has 0 bridgehead atoms. The molecule has 0 heterocycles. The predicted octanol–water partition coefficient (Wildman–Crippen LogP) is 1.16. The van der Waals surface area contributed by atoms with Crippen LogP contribution in [0.1, 0.15) is 12.5 Å². The number of non-ortho nitro benzene ring substituents is 1. The van der Waals surface area contributed by atoms with E-state index in [0.29, 0.717) is 13.0 Å². The molecule has 0 aliphatic rings. The van der Waals surface area contributed by atoms with Crippen LogP contribution in [-0.4, -0.2) is 35.1 Å². The number of urea groups is 1. The Bertz CT molecular complexity index is 515. The fraction of sp³-hybridized carbons (Fsp3) is 0.385. The van der Waals surface area contributed by atoms with Crippen LogP contribution in [0.4, 0.5) is 10.5 Å². The Morgan fingerprint density at radius 2 is 1.90 bits per heavy atom. The number of carbonyl (C=O) groups excluding carboxylic acids is 1. The number of rotatable bonds is 7. The van der Waals surface area contributed by atoms with Crippen LogP contribution in [0.15, 0.2) is 24.3 Å². The van der Waals surface area contributed by atoms with Gasteiger partial charge in [-0.2, -0.15) is 0 Å². The number of nitro groups is 1. The van der Waals surface area contributed by atoms with Crippen molar-refractivity contribution in [2.75, 3.05) is 13.1 Å². The third-order valence-corrected chi connectivity index (χ3v) is 2.84. The van der Waals surface area contributed by atoms with Crippen molar-refractivity contribution in [2.45, 2.75) is 13.3 Å². The largest absolute Gasteiger partial charge is 0.481 e. The topological polar surface area (TPSA) is 122 Å². The van der Waals surface area contributed by atoms with Gasteiger partial charge in [-0.15, -0.1) is 0 Å². The van der Waals surface area contributed by atoms with Crippen molar-refractivity contribution in [3.05, 3.63) is 39.9 Å². The smallest absolute Gasteiger partial charge is 0.314 e. The van der Waals surface area contributed by atoms with Crippen molar-refractivity contribution in [3.8, 4) is 0 Å². The summed E-state index contributed by atoms with van der Waals surface area (Å²) < 4.78 is 0. The zero-order valence-corrected chi connectivity index (χ0v) is 11.5. The molecule has 21 heavy (non-hydrogen) atoms. The van der Waals surface area contributed by atoms with E-state index in [9.17, 15) is 19.7 Å². The first-order chi connectivity index (χ1) is 9.90. The molecule has 0 aliphatic carbocycles. The summed E-state index contributed by atoms with van der Waals surface area (Å²) in [6, 6.07) is 5.63. The van der Waals surface area contributed by atoms with Crippen LogP contribution in [0, 0.1) is 16.0 Å². The lowest BCUT2D eigenvalue weighted by molar-refractivity contribution is -0.384. The SMILES string of the molecule is CC(CNC(=O)NCCc1ccc([N+](=O)[O-])cc1)C(=O)O. The summed E-state index contributed by atoms with van der Waals surface area (Å²) in [6.07, 6.45) is 0.528. The van der Waals surface area contributed by atoms with Crippen molar-refractivity contribution in [2.24, 2.45) is 5.92 Å². The molecule has 1 unspecified atom stereocenters. The Hall–Kier alpha value is -2.64. The van der Waals surface area contributed by atoms with Gasteiger partial charge in [-0.05, 0) is 12.0 Å². The van der Waals surface area contributed by atoms with Gasteiger partial charge in [0.2, 0.25) is 0 Å². The third-order valence-electron chi connectivity index (χ3n) is 2.84. The molecule has 1 aromatic carbocycles. The number of benzene rings is 1. The predicted molar refractivity (Wildman–Crippen MR) is 75.0 cm³/mol. The number of carboxylic acid groups (broad SMARTS) is 1. The summed E-state index contributed by atoms with van der Waals surface area (Å²) in [5.74, 6) is -1.62. The number of hydrogen-bond donors (Lipinski definition) is 3. The minimum Gasteiger partial charge on any atom is -0.481 e. The molecule has 0 aliphatic heterocycles. The first kappa shape index (κ1) is 16.4. The number of amides is 2. The minimum atomic E-state index is -0.971. The monoisotopic (exact) mass is 295 g/mol. The van der Waals surface area contributed by atoms with Gasteiger partial charge in [0, 0.05) is 25.2 Å². The lowest BCUT2D eigenvalue weighted by Gasteiger charge is -2.09. The van der Waals surface area contributed by atoms with Crippen LogP contribution in [0.2, 0.25) is 0 Å². The van der Waals surface area contributed by atoms with Crippen molar-refractivity contribution < 1.29 is 19.6 Å². The normalized spacial score (nSPS) is 11.5. The second-order valence-corrected chi connectivity index (χ2v) is 4.55. The van der Waals surface area contributed by atoms with E-state index >= 15 is 0 Å². The van der Waals surface area contributed by atoms with E-state index in [4.69, 9.17) is 5.11 Å². The molecule has 1 rings (SSSR count). The summed E-state index contributed by atoms with van der Waals surface area (Å²) in [6.45, 7) is 1.91. The first-order valence-electron chi connectivity index (χ1n) is 6.38. The van der Waals surface area contributed by atoms with E-state index in [0.717, 1.165) is 5.56 Å². The van der Waals surface area contributed by atoms with Crippen molar-refractivity contribution in [1.29, 1.82) is 0 Å². The van der Waals surface area contributed by atoms with E-state index in [1.165, 1.54) is 19.1 Å². The molecular weight excluding hydrogens is 278 g/mol. The molecule has 0 aromatic heterocycles. The van der Waals surface area contributed by atoms with Crippen molar-refractivity contribution in [3.63, 3.8) is 0 Å². The number of carbonyl (C=O) groups is 2. The quantitative estimate of drug-likeness (QED) is 0.514. The maximum atomic E-state index is 11.4. The Balaban J connectivity index is 2.28. The van der Waals surface area contributed by atoms with E-state index in [1.807, 2.05) is 0 Å². The summed E-state index contributed by atoms with van der Waals surface area (Å²) in [5.41, 5.74) is 0.881. The number of nitro benzene ring substituents is 1. The Kier molecular flexibility index (Phi) is 6.12. The molecule has 3 N–H and O–H groups in total. The van der Waals surface area contributed by atoms with Crippen LogP contribution in [0.5, 0.6) is 0 Å². The van der Waals surface area contributed by atoms with Gasteiger partial charge in [0.1, 0.15) is 0 Å². The number of nitrogens with one attached hydrogen (secondary N) is 2.